The van der Waals surface area contributed by atoms with Crippen LogP contribution in [0.1, 0.15) is 13.8 Å². The van der Waals surface area contributed by atoms with Gasteiger partial charge >= 0.3 is 0 Å². The third-order valence-corrected chi connectivity index (χ3v) is 1.65. The maximum absolute atomic E-state index is 5.77. The van der Waals surface area contributed by atoms with E-state index in [0.29, 0.717) is 0 Å². The Morgan fingerprint density at radius 1 is 1.67 bits per heavy atom. The van der Waals surface area contributed by atoms with Crippen LogP contribution in [-0.4, -0.2) is 11.9 Å². The normalized spacial score (nSPS) is 14.8. The van der Waals surface area contributed by atoms with Crippen molar-refractivity contribution in [2.24, 2.45) is 0 Å². The number of hydrogen-bond acceptors (Lipinski definition) is 1. The molecule has 68 valence electrons. The number of allylic oxidation sites excluding steroid dienone is 5. The van der Waals surface area contributed by atoms with Crippen LogP contribution in [0, 0.1) is 0 Å². The van der Waals surface area contributed by atoms with Crippen LogP contribution in [0.5, 0.6) is 0 Å². The van der Waals surface area contributed by atoms with Crippen LogP contribution in [0.25, 0.3) is 0 Å². The molecule has 0 aromatic heterocycles. The second-order valence-electron chi connectivity index (χ2n) is 2.45. The minimum absolute atomic E-state index is 0.0734. The highest BCUT2D eigenvalue weighted by atomic mass is 35.5. The SMILES string of the molecule is C=CC(Cl)/C=C\C=C(/C)NCC. The minimum atomic E-state index is -0.0734. The molecule has 1 N–H and O–H groups in total. The van der Waals surface area contributed by atoms with Gasteiger partial charge in [0, 0.05) is 12.2 Å². The first-order valence-corrected chi connectivity index (χ1v) is 4.50. The van der Waals surface area contributed by atoms with Gasteiger partial charge in [-0.1, -0.05) is 18.2 Å². The molecule has 1 nitrogen and oxygen atoms in total. The summed E-state index contributed by atoms with van der Waals surface area (Å²) < 4.78 is 0. The van der Waals surface area contributed by atoms with Crippen molar-refractivity contribution in [1.29, 1.82) is 0 Å². The predicted molar refractivity (Wildman–Crippen MR) is 56.4 cm³/mol. The van der Waals surface area contributed by atoms with Crippen molar-refractivity contribution in [2.75, 3.05) is 6.54 Å². The fourth-order valence-corrected chi connectivity index (χ4v) is 0.806. The summed E-state index contributed by atoms with van der Waals surface area (Å²) in [4.78, 5) is 0. The lowest BCUT2D eigenvalue weighted by molar-refractivity contribution is 0.854. The van der Waals surface area contributed by atoms with E-state index < -0.39 is 0 Å². The van der Waals surface area contributed by atoms with Crippen molar-refractivity contribution >= 4 is 11.6 Å². The summed E-state index contributed by atoms with van der Waals surface area (Å²) in [5.74, 6) is 0. The van der Waals surface area contributed by atoms with Crippen LogP contribution in [0.15, 0.2) is 36.6 Å². The third kappa shape index (κ3) is 6.05. The fourth-order valence-electron chi connectivity index (χ4n) is 0.722. The molecule has 0 aromatic rings. The molecular formula is C10H16ClN. The van der Waals surface area contributed by atoms with Gasteiger partial charge in [-0.15, -0.1) is 18.2 Å². The lowest BCUT2D eigenvalue weighted by atomic mass is 10.3. The fraction of sp³-hybridized carbons (Fsp3) is 0.400. The number of rotatable bonds is 5. The Labute approximate surface area is 79.8 Å². The molecule has 0 aliphatic carbocycles. The van der Waals surface area contributed by atoms with Gasteiger partial charge in [-0.25, -0.2) is 0 Å². The van der Waals surface area contributed by atoms with Crippen molar-refractivity contribution in [3.8, 4) is 0 Å². The molecule has 0 aliphatic heterocycles. The van der Waals surface area contributed by atoms with Crippen molar-refractivity contribution in [1.82, 2.24) is 5.32 Å². The van der Waals surface area contributed by atoms with Gasteiger partial charge in [0.2, 0.25) is 0 Å². The maximum atomic E-state index is 5.77. The van der Waals surface area contributed by atoms with E-state index >= 15 is 0 Å². The van der Waals surface area contributed by atoms with Crippen molar-refractivity contribution in [3.05, 3.63) is 36.6 Å². The van der Waals surface area contributed by atoms with E-state index in [1.54, 1.807) is 6.08 Å². The molecule has 0 bridgehead atoms. The molecule has 0 rings (SSSR count). The van der Waals surface area contributed by atoms with Gasteiger partial charge in [0.05, 0.1) is 5.38 Å². The second kappa shape index (κ2) is 6.99. The Bertz CT molecular complexity index is 182. The lowest BCUT2D eigenvalue weighted by Crippen LogP contribution is -2.08. The summed E-state index contributed by atoms with van der Waals surface area (Å²) in [7, 11) is 0. The topological polar surface area (TPSA) is 12.0 Å². The van der Waals surface area contributed by atoms with Crippen LogP contribution >= 0.6 is 11.6 Å². The summed E-state index contributed by atoms with van der Waals surface area (Å²) in [6.45, 7) is 8.61. The van der Waals surface area contributed by atoms with E-state index in [9.17, 15) is 0 Å². The van der Waals surface area contributed by atoms with Crippen LogP contribution in [0.2, 0.25) is 0 Å². The van der Waals surface area contributed by atoms with Gasteiger partial charge in [0.15, 0.2) is 0 Å². The molecule has 0 radical (unpaired) electrons. The first-order chi connectivity index (χ1) is 5.70. The van der Waals surface area contributed by atoms with Gasteiger partial charge in [0.25, 0.3) is 0 Å². The maximum Gasteiger partial charge on any atom is 0.0697 e. The number of alkyl halides is 1. The Hall–Kier alpha value is -0.690. The molecule has 0 saturated carbocycles. The van der Waals surface area contributed by atoms with Gasteiger partial charge in [-0.2, -0.15) is 0 Å². The van der Waals surface area contributed by atoms with Crippen molar-refractivity contribution in [2.45, 2.75) is 19.2 Å². The first kappa shape index (κ1) is 11.3. The van der Waals surface area contributed by atoms with E-state index in [4.69, 9.17) is 11.6 Å². The van der Waals surface area contributed by atoms with Gasteiger partial charge in [-0.3, -0.25) is 0 Å². The Kier molecular flexibility index (Phi) is 6.58. The van der Waals surface area contributed by atoms with E-state index in [1.165, 1.54) is 0 Å². The molecule has 0 saturated heterocycles. The highest BCUT2D eigenvalue weighted by molar-refractivity contribution is 6.22. The molecule has 0 spiro atoms. The zero-order valence-electron chi connectivity index (χ0n) is 7.68. The summed E-state index contributed by atoms with van der Waals surface area (Å²) in [5, 5.41) is 3.10. The number of halogens is 1. The van der Waals surface area contributed by atoms with Crippen LogP contribution in [-0.2, 0) is 0 Å². The van der Waals surface area contributed by atoms with Crippen molar-refractivity contribution < 1.29 is 0 Å². The Morgan fingerprint density at radius 2 is 2.33 bits per heavy atom. The molecule has 0 heterocycles. The molecule has 0 amide bonds. The molecule has 0 aromatic carbocycles. The van der Waals surface area contributed by atoms with E-state index in [-0.39, 0.29) is 5.38 Å². The highest BCUT2D eigenvalue weighted by Gasteiger charge is 1.87. The van der Waals surface area contributed by atoms with Crippen LogP contribution < -0.4 is 5.32 Å². The minimum Gasteiger partial charge on any atom is -0.389 e. The summed E-state index contributed by atoms with van der Waals surface area (Å²) >= 11 is 5.77. The second-order valence-corrected chi connectivity index (χ2v) is 2.95. The van der Waals surface area contributed by atoms with E-state index in [0.717, 1.165) is 12.2 Å². The summed E-state index contributed by atoms with van der Waals surface area (Å²) in [6, 6.07) is 0. The molecular weight excluding hydrogens is 170 g/mol. The van der Waals surface area contributed by atoms with Crippen LogP contribution in [0.3, 0.4) is 0 Å². The smallest absolute Gasteiger partial charge is 0.0697 e. The molecule has 1 unspecified atom stereocenters. The van der Waals surface area contributed by atoms with E-state index in [1.807, 2.05) is 25.2 Å². The van der Waals surface area contributed by atoms with Gasteiger partial charge in [-0.05, 0) is 19.9 Å². The Morgan fingerprint density at radius 3 is 2.83 bits per heavy atom. The number of nitrogens with one attached hydrogen (secondary N) is 1. The average molecular weight is 186 g/mol. The molecule has 2 heteroatoms. The molecule has 0 aliphatic rings. The molecule has 12 heavy (non-hydrogen) atoms. The van der Waals surface area contributed by atoms with Crippen molar-refractivity contribution in [3.63, 3.8) is 0 Å². The predicted octanol–water partition coefficient (Wildman–Crippen LogP) is 2.85. The highest BCUT2D eigenvalue weighted by Crippen LogP contribution is 1.98. The Balaban J connectivity index is 3.84. The lowest BCUT2D eigenvalue weighted by Gasteiger charge is -1.99. The molecule has 0 fully saturated rings. The largest absolute Gasteiger partial charge is 0.389 e. The van der Waals surface area contributed by atoms with Gasteiger partial charge in [0.1, 0.15) is 0 Å². The molecule has 1 atom stereocenters. The monoisotopic (exact) mass is 185 g/mol. The zero-order valence-corrected chi connectivity index (χ0v) is 8.43. The number of hydrogen-bond donors (Lipinski definition) is 1. The summed E-state index contributed by atoms with van der Waals surface area (Å²) in [5.41, 5.74) is 1.14. The third-order valence-electron chi connectivity index (χ3n) is 1.32. The summed E-state index contributed by atoms with van der Waals surface area (Å²) in [6.07, 6.45) is 7.49. The van der Waals surface area contributed by atoms with E-state index in [2.05, 4.69) is 18.8 Å². The quantitative estimate of drug-likeness (QED) is 0.395. The average Bonchev–Trinajstić information content (AvgIpc) is 2.04. The van der Waals surface area contributed by atoms with Crippen LogP contribution in [0.4, 0.5) is 0 Å². The standard InChI is InChI=1S/C10H16ClN/c1-4-10(11)8-6-7-9(3)12-5-2/h4,6-8,10,12H,1,5H2,2-3H3/b8-6-,9-7+. The first-order valence-electron chi connectivity index (χ1n) is 4.06. The zero-order chi connectivity index (χ0) is 9.40. The van der Waals surface area contributed by atoms with Gasteiger partial charge < -0.3 is 5.32 Å².